The van der Waals surface area contributed by atoms with E-state index in [0.29, 0.717) is 34.8 Å². The number of likely N-dealkylation sites (tertiary alicyclic amines) is 1. The van der Waals surface area contributed by atoms with E-state index in [0.717, 1.165) is 32.0 Å². The summed E-state index contributed by atoms with van der Waals surface area (Å²) in [5.41, 5.74) is 0.497. The number of hydrogen-bond donors (Lipinski definition) is 1. The van der Waals surface area contributed by atoms with Gasteiger partial charge in [0.25, 0.3) is 5.56 Å². The Morgan fingerprint density at radius 2 is 2.16 bits per heavy atom. The monoisotopic (exact) mass is 442 g/mol. The molecule has 0 aliphatic carbocycles. The molecule has 3 aromatic rings. The van der Waals surface area contributed by atoms with Gasteiger partial charge in [-0.25, -0.2) is 9.97 Å². The molecule has 7 nitrogen and oxygen atoms in total. The van der Waals surface area contributed by atoms with Gasteiger partial charge in [-0.2, -0.15) is 0 Å². The van der Waals surface area contributed by atoms with Gasteiger partial charge in [0, 0.05) is 19.2 Å². The molecule has 8 heteroatoms. The highest BCUT2D eigenvalue weighted by atomic mass is 35.5. The van der Waals surface area contributed by atoms with Gasteiger partial charge in [0.15, 0.2) is 0 Å². The Bertz CT molecular complexity index is 1150. The Morgan fingerprint density at radius 1 is 1.32 bits per heavy atom. The fraction of sp³-hybridized carbons (Fsp3) is 0.435. The number of aryl methyl sites for hydroxylation is 1. The van der Waals surface area contributed by atoms with Crippen molar-refractivity contribution in [3.63, 3.8) is 0 Å². The van der Waals surface area contributed by atoms with E-state index in [1.165, 1.54) is 35.7 Å². The Labute approximate surface area is 186 Å². The van der Waals surface area contributed by atoms with Crippen LogP contribution in [0.5, 0.6) is 11.5 Å². The normalized spacial score (nSPS) is 17.2. The van der Waals surface area contributed by atoms with Gasteiger partial charge in [-0.3, -0.25) is 9.36 Å². The van der Waals surface area contributed by atoms with E-state index in [-0.39, 0.29) is 16.5 Å². The van der Waals surface area contributed by atoms with Crippen molar-refractivity contribution in [1.82, 2.24) is 19.4 Å². The van der Waals surface area contributed by atoms with Crippen molar-refractivity contribution in [2.24, 2.45) is 5.92 Å². The van der Waals surface area contributed by atoms with E-state index in [4.69, 9.17) is 16.3 Å². The summed E-state index contributed by atoms with van der Waals surface area (Å²) in [6.07, 6.45) is 4.98. The Hall–Kier alpha value is -2.64. The largest absolute Gasteiger partial charge is 0.506 e. The van der Waals surface area contributed by atoms with Gasteiger partial charge in [-0.05, 0) is 56.8 Å². The number of benzene rings is 1. The Balaban J connectivity index is 1.47. The van der Waals surface area contributed by atoms with Crippen LogP contribution in [-0.4, -0.2) is 50.8 Å². The van der Waals surface area contributed by atoms with Crippen LogP contribution in [0.2, 0.25) is 5.15 Å². The molecule has 1 atom stereocenters. The molecule has 0 amide bonds. The van der Waals surface area contributed by atoms with Gasteiger partial charge in [0.1, 0.15) is 22.5 Å². The lowest BCUT2D eigenvalue weighted by atomic mass is 10.0. The summed E-state index contributed by atoms with van der Waals surface area (Å²) in [4.78, 5) is 23.9. The number of aromatic hydroxyl groups is 1. The zero-order valence-corrected chi connectivity index (χ0v) is 18.6. The molecule has 0 radical (unpaired) electrons. The number of ether oxygens (including phenoxy) is 1. The molecule has 0 spiro atoms. The van der Waals surface area contributed by atoms with Gasteiger partial charge in [-0.15, -0.1) is 0 Å². The maximum atomic E-state index is 13.0. The molecule has 0 bridgehead atoms. The van der Waals surface area contributed by atoms with Crippen LogP contribution < -0.4 is 10.3 Å². The second-order valence-corrected chi connectivity index (χ2v) is 8.61. The number of hydrogen-bond acceptors (Lipinski definition) is 6. The molecule has 0 unspecified atom stereocenters. The summed E-state index contributed by atoms with van der Waals surface area (Å²) in [6, 6.07) is 6.45. The zero-order chi connectivity index (χ0) is 22.0. The fourth-order valence-corrected chi connectivity index (χ4v) is 4.37. The highest BCUT2D eigenvalue weighted by Crippen LogP contribution is 2.27. The number of nitrogens with zero attached hydrogens (tertiary/aromatic N) is 4. The van der Waals surface area contributed by atoms with E-state index in [1.54, 1.807) is 19.1 Å². The van der Waals surface area contributed by atoms with E-state index >= 15 is 0 Å². The van der Waals surface area contributed by atoms with Crippen molar-refractivity contribution in [3.8, 4) is 17.2 Å². The van der Waals surface area contributed by atoms with Crippen molar-refractivity contribution in [2.75, 3.05) is 26.2 Å². The number of rotatable bonds is 6. The predicted molar refractivity (Wildman–Crippen MR) is 121 cm³/mol. The van der Waals surface area contributed by atoms with E-state index in [1.807, 2.05) is 0 Å². The first-order chi connectivity index (χ1) is 14.9. The molecule has 1 aliphatic heterocycles. The number of pyridine rings is 1. The summed E-state index contributed by atoms with van der Waals surface area (Å²) in [6.45, 7) is 7.92. The number of phenolic OH excluding ortho intramolecular Hbond substituents is 1. The Morgan fingerprint density at radius 3 is 2.94 bits per heavy atom. The molecule has 1 saturated heterocycles. The first-order valence-electron chi connectivity index (χ1n) is 10.7. The standard InChI is InChI=1S/C23H27ClN4O3/c1-15-5-3-8-27(14-15)9-4-10-31-17-6-7-20(21(29)11-17)28-16(2)26-19-13-25-22(24)12-18(19)23(28)30/h6-7,11-13,15,29H,3-5,8-10,14H2,1-2H3/t15-/m0/s1. The first kappa shape index (κ1) is 21.6. The lowest BCUT2D eigenvalue weighted by Crippen LogP contribution is -2.35. The van der Waals surface area contributed by atoms with Gasteiger partial charge in [0.05, 0.1) is 29.4 Å². The van der Waals surface area contributed by atoms with Crippen molar-refractivity contribution >= 4 is 22.5 Å². The molecule has 2 aromatic heterocycles. The molecule has 1 aromatic carbocycles. The zero-order valence-electron chi connectivity index (χ0n) is 17.8. The van der Waals surface area contributed by atoms with Crippen molar-refractivity contribution in [1.29, 1.82) is 0 Å². The molecule has 31 heavy (non-hydrogen) atoms. The summed E-state index contributed by atoms with van der Waals surface area (Å²) in [5, 5.41) is 11.2. The highest BCUT2D eigenvalue weighted by molar-refractivity contribution is 6.30. The Kier molecular flexibility index (Phi) is 6.43. The molecule has 4 rings (SSSR count). The molecular formula is C23H27ClN4O3. The second-order valence-electron chi connectivity index (χ2n) is 8.22. The number of halogens is 1. The number of fused-ring (bicyclic) bond motifs is 1. The van der Waals surface area contributed by atoms with Crippen LogP contribution in [0.25, 0.3) is 16.6 Å². The second kappa shape index (κ2) is 9.24. The maximum absolute atomic E-state index is 13.0. The summed E-state index contributed by atoms with van der Waals surface area (Å²) < 4.78 is 7.20. The third-order valence-electron chi connectivity index (χ3n) is 5.71. The van der Waals surface area contributed by atoms with Gasteiger partial charge < -0.3 is 14.7 Å². The van der Waals surface area contributed by atoms with Crippen molar-refractivity contribution < 1.29 is 9.84 Å². The SMILES string of the molecule is Cc1nc2cnc(Cl)cc2c(=O)n1-c1ccc(OCCCN2CCC[C@H](C)C2)cc1O. The quantitative estimate of drug-likeness (QED) is 0.460. The third kappa shape index (κ3) is 4.83. The van der Waals surface area contributed by atoms with E-state index < -0.39 is 0 Å². The summed E-state index contributed by atoms with van der Waals surface area (Å²) in [5.74, 6) is 1.73. The van der Waals surface area contributed by atoms with Crippen LogP contribution in [0, 0.1) is 12.8 Å². The molecule has 3 heterocycles. The average molecular weight is 443 g/mol. The van der Waals surface area contributed by atoms with Gasteiger partial charge >= 0.3 is 0 Å². The highest BCUT2D eigenvalue weighted by Gasteiger charge is 2.16. The molecule has 164 valence electrons. The summed E-state index contributed by atoms with van der Waals surface area (Å²) >= 11 is 5.94. The van der Waals surface area contributed by atoms with Crippen molar-refractivity contribution in [2.45, 2.75) is 33.1 Å². The smallest absolute Gasteiger partial charge is 0.266 e. The summed E-state index contributed by atoms with van der Waals surface area (Å²) in [7, 11) is 0. The molecular weight excluding hydrogens is 416 g/mol. The van der Waals surface area contributed by atoms with Crippen LogP contribution in [0.3, 0.4) is 0 Å². The number of aromatic nitrogens is 3. The molecule has 1 N–H and O–H groups in total. The van der Waals surface area contributed by atoms with E-state index in [2.05, 4.69) is 21.8 Å². The van der Waals surface area contributed by atoms with Crippen LogP contribution in [0.4, 0.5) is 0 Å². The van der Waals surface area contributed by atoms with Crippen LogP contribution >= 0.6 is 11.6 Å². The van der Waals surface area contributed by atoms with Gasteiger partial charge in [-0.1, -0.05) is 18.5 Å². The van der Waals surface area contributed by atoms with E-state index in [9.17, 15) is 9.90 Å². The average Bonchev–Trinajstić information content (AvgIpc) is 2.73. The minimum Gasteiger partial charge on any atom is -0.506 e. The topological polar surface area (TPSA) is 80.5 Å². The number of piperidine rings is 1. The predicted octanol–water partition coefficient (Wildman–Crippen LogP) is 3.95. The fourth-order valence-electron chi connectivity index (χ4n) is 4.21. The minimum atomic E-state index is -0.313. The first-order valence-corrected chi connectivity index (χ1v) is 11.0. The van der Waals surface area contributed by atoms with Crippen LogP contribution in [-0.2, 0) is 0 Å². The minimum absolute atomic E-state index is 0.0474. The maximum Gasteiger partial charge on any atom is 0.266 e. The lowest BCUT2D eigenvalue weighted by molar-refractivity contribution is 0.170. The van der Waals surface area contributed by atoms with Crippen molar-refractivity contribution in [3.05, 3.63) is 51.8 Å². The molecule has 1 fully saturated rings. The van der Waals surface area contributed by atoms with Crippen LogP contribution in [0.1, 0.15) is 32.0 Å². The van der Waals surface area contributed by atoms with Gasteiger partial charge in [0.2, 0.25) is 0 Å². The number of phenols is 1. The molecule has 0 saturated carbocycles. The van der Waals surface area contributed by atoms with Crippen LogP contribution in [0.15, 0.2) is 35.3 Å². The molecule has 1 aliphatic rings. The lowest BCUT2D eigenvalue weighted by Gasteiger charge is -2.30. The third-order valence-corrected chi connectivity index (χ3v) is 5.91.